The summed E-state index contributed by atoms with van der Waals surface area (Å²) in [4.78, 5) is 14.6. The highest BCUT2D eigenvalue weighted by molar-refractivity contribution is 7.15. The van der Waals surface area contributed by atoms with E-state index in [0.717, 1.165) is 17.0 Å². The molecule has 0 aliphatic heterocycles. The lowest BCUT2D eigenvalue weighted by molar-refractivity contribution is 0.450. The minimum Gasteiger partial charge on any atom is -0.383 e. The first-order chi connectivity index (χ1) is 9.04. The molecule has 0 saturated heterocycles. The fourth-order valence-electron chi connectivity index (χ4n) is 2.79. The smallest absolute Gasteiger partial charge is 0.137 e. The normalized spacial score (nSPS) is 22.3. The van der Waals surface area contributed by atoms with Crippen LogP contribution in [0, 0.1) is 12.8 Å². The van der Waals surface area contributed by atoms with Crippen molar-refractivity contribution in [1.29, 1.82) is 0 Å². The summed E-state index contributed by atoms with van der Waals surface area (Å²) >= 11 is 1.75. The van der Waals surface area contributed by atoms with Crippen molar-refractivity contribution in [3.8, 4) is 10.6 Å². The van der Waals surface area contributed by atoms with Crippen LogP contribution in [0.15, 0.2) is 6.20 Å². The highest BCUT2D eigenvalue weighted by Crippen LogP contribution is 2.41. The standard InChI is InChI=1S/C14H18N4S/c1-7-4-8(2)12-11(5-7)18-14(19-12)10-6-16-9(3)17-13(10)15/h6-8H,4-5H2,1-3H3,(H2,15,16,17). The number of hydrogen-bond donors (Lipinski definition) is 1. The second kappa shape index (κ2) is 4.56. The van der Waals surface area contributed by atoms with Gasteiger partial charge in [-0.3, -0.25) is 0 Å². The molecular weight excluding hydrogens is 256 g/mol. The quantitative estimate of drug-likeness (QED) is 0.867. The first-order valence-corrected chi connectivity index (χ1v) is 7.45. The summed E-state index contributed by atoms with van der Waals surface area (Å²) in [5, 5.41) is 0.962. The summed E-state index contributed by atoms with van der Waals surface area (Å²) in [5.41, 5.74) is 8.10. The molecule has 4 nitrogen and oxygen atoms in total. The molecule has 1 aliphatic rings. The number of nitrogens with zero attached hydrogens (tertiary/aromatic N) is 3. The van der Waals surface area contributed by atoms with Gasteiger partial charge in [-0.15, -0.1) is 11.3 Å². The van der Waals surface area contributed by atoms with Gasteiger partial charge in [-0.05, 0) is 31.6 Å². The van der Waals surface area contributed by atoms with Gasteiger partial charge in [0, 0.05) is 11.1 Å². The van der Waals surface area contributed by atoms with Gasteiger partial charge in [0.25, 0.3) is 0 Å². The highest BCUT2D eigenvalue weighted by Gasteiger charge is 2.26. The van der Waals surface area contributed by atoms with Crippen molar-refractivity contribution < 1.29 is 0 Å². The lowest BCUT2D eigenvalue weighted by atomic mass is 9.86. The second-order valence-corrected chi connectivity index (χ2v) is 6.52. The third kappa shape index (κ3) is 2.23. The second-order valence-electron chi connectivity index (χ2n) is 5.49. The number of fused-ring (bicyclic) bond motifs is 1. The first-order valence-electron chi connectivity index (χ1n) is 6.63. The topological polar surface area (TPSA) is 64.7 Å². The molecule has 100 valence electrons. The van der Waals surface area contributed by atoms with Crippen molar-refractivity contribution in [1.82, 2.24) is 15.0 Å². The van der Waals surface area contributed by atoms with Gasteiger partial charge in [0.2, 0.25) is 0 Å². The molecule has 0 radical (unpaired) electrons. The van der Waals surface area contributed by atoms with E-state index >= 15 is 0 Å². The average Bonchev–Trinajstić information content (AvgIpc) is 2.72. The summed E-state index contributed by atoms with van der Waals surface area (Å²) < 4.78 is 0. The Morgan fingerprint density at radius 2 is 2.11 bits per heavy atom. The molecule has 2 aromatic rings. The molecule has 2 aromatic heterocycles. The number of rotatable bonds is 1. The number of nitrogens with two attached hydrogens (primary N) is 1. The fourth-order valence-corrected chi connectivity index (χ4v) is 3.96. The van der Waals surface area contributed by atoms with E-state index < -0.39 is 0 Å². The van der Waals surface area contributed by atoms with E-state index in [9.17, 15) is 0 Å². The summed E-state index contributed by atoms with van der Waals surface area (Å²) in [5.74, 6) is 2.53. The van der Waals surface area contributed by atoms with Crippen molar-refractivity contribution in [2.24, 2.45) is 5.92 Å². The molecule has 3 rings (SSSR count). The van der Waals surface area contributed by atoms with Crippen LogP contribution in [0.4, 0.5) is 5.82 Å². The van der Waals surface area contributed by atoms with Crippen molar-refractivity contribution in [2.45, 2.75) is 39.5 Å². The maximum absolute atomic E-state index is 5.99. The zero-order chi connectivity index (χ0) is 13.6. The molecule has 0 spiro atoms. The van der Waals surface area contributed by atoms with Crippen molar-refractivity contribution >= 4 is 17.2 Å². The fraction of sp³-hybridized carbons (Fsp3) is 0.500. The van der Waals surface area contributed by atoms with Crippen LogP contribution in [0.2, 0.25) is 0 Å². The van der Waals surface area contributed by atoms with Gasteiger partial charge in [-0.25, -0.2) is 15.0 Å². The maximum atomic E-state index is 5.99. The van der Waals surface area contributed by atoms with E-state index in [-0.39, 0.29) is 0 Å². The van der Waals surface area contributed by atoms with Gasteiger partial charge < -0.3 is 5.73 Å². The number of anilines is 1. The Balaban J connectivity index is 2.05. The van der Waals surface area contributed by atoms with E-state index in [4.69, 9.17) is 10.7 Å². The molecule has 5 heteroatoms. The van der Waals surface area contributed by atoms with E-state index in [2.05, 4.69) is 23.8 Å². The molecule has 0 aromatic carbocycles. The first kappa shape index (κ1) is 12.5. The summed E-state index contributed by atoms with van der Waals surface area (Å²) in [6, 6.07) is 0. The Bertz CT molecular complexity index is 620. The van der Waals surface area contributed by atoms with Crippen molar-refractivity contribution in [2.75, 3.05) is 5.73 Å². The lowest BCUT2D eigenvalue weighted by Crippen LogP contribution is -2.12. The van der Waals surface area contributed by atoms with Gasteiger partial charge in [0.15, 0.2) is 0 Å². The number of nitrogen functional groups attached to an aromatic ring is 1. The number of hydrogen-bond acceptors (Lipinski definition) is 5. The van der Waals surface area contributed by atoms with E-state index in [0.29, 0.717) is 23.5 Å². The lowest BCUT2D eigenvalue weighted by Gasteiger charge is -2.22. The summed E-state index contributed by atoms with van der Waals surface area (Å²) in [6.07, 6.45) is 4.10. The molecule has 19 heavy (non-hydrogen) atoms. The van der Waals surface area contributed by atoms with E-state index in [1.807, 2.05) is 6.92 Å². The van der Waals surface area contributed by atoms with Crippen LogP contribution in [-0.2, 0) is 6.42 Å². The van der Waals surface area contributed by atoms with Crippen LogP contribution in [0.5, 0.6) is 0 Å². The van der Waals surface area contributed by atoms with Crippen molar-refractivity contribution in [3.05, 3.63) is 22.6 Å². The molecule has 0 saturated carbocycles. The highest BCUT2D eigenvalue weighted by atomic mass is 32.1. The minimum atomic E-state index is 0.527. The Labute approximate surface area is 117 Å². The Morgan fingerprint density at radius 3 is 2.84 bits per heavy atom. The van der Waals surface area contributed by atoms with Crippen LogP contribution < -0.4 is 5.73 Å². The summed E-state index contributed by atoms with van der Waals surface area (Å²) in [6.45, 7) is 6.42. The molecule has 2 atom stereocenters. The molecular formula is C14H18N4S. The van der Waals surface area contributed by atoms with Gasteiger partial charge in [0.05, 0.1) is 11.3 Å². The molecule has 1 aliphatic carbocycles. The van der Waals surface area contributed by atoms with Crippen LogP contribution in [0.1, 0.15) is 42.6 Å². The van der Waals surface area contributed by atoms with Crippen LogP contribution >= 0.6 is 11.3 Å². The molecule has 2 unspecified atom stereocenters. The van der Waals surface area contributed by atoms with Gasteiger partial charge in [-0.2, -0.15) is 0 Å². The monoisotopic (exact) mass is 274 g/mol. The van der Waals surface area contributed by atoms with E-state index in [1.54, 1.807) is 17.5 Å². The van der Waals surface area contributed by atoms with Gasteiger partial charge in [-0.1, -0.05) is 13.8 Å². The Hall–Kier alpha value is -1.49. The molecule has 0 amide bonds. The van der Waals surface area contributed by atoms with Crippen LogP contribution in [0.25, 0.3) is 10.6 Å². The molecule has 0 fully saturated rings. The molecule has 0 bridgehead atoms. The summed E-state index contributed by atoms with van der Waals surface area (Å²) in [7, 11) is 0. The molecule has 2 N–H and O–H groups in total. The predicted octanol–water partition coefficient (Wildman–Crippen LogP) is 3.18. The van der Waals surface area contributed by atoms with E-state index in [1.165, 1.54) is 17.0 Å². The average molecular weight is 274 g/mol. The Kier molecular flexibility index (Phi) is 3.01. The largest absolute Gasteiger partial charge is 0.383 e. The van der Waals surface area contributed by atoms with Gasteiger partial charge in [0.1, 0.15) is 16.6 Å². The SMILES string of the molecule is Cc1ncc(-c2nc3c(s2)C(C)CC(C)C3)c(N)n1. The van der Waals surface area contributed by atoms with Gasteiger partial charge >= 0.3 is 0 Å². The predicted molar refractivity (Wildman–Crippen MR) is 78.2 cm³/mol. The Morgan fingerprint density at radius 1 is 1.32 bits per heavy atom. The zero-order valence-corrected chi connectivity index (χ0v) is 12.3. The zero-order valence-electron chi connectivity index (χ0n) is 11.5. The minimum absolute atomic E-state index is 0.527. The molecule has 2 heterocycles. The third-order valence-corrected chi connectivity index (χ3v) is 5.00. The van der Waals surface area contributed by atoms with Crippen molar-refractivity contribution in [3.63, 3.8) is 0 Å². The third-order valence-electron chi connectivity index (χ3n) is 3.64. The van der Waals surface area contributed by atoms with Crippen LogP contribution in [-0.4, -0.2) is 15.0 Å². The maximum Gasteiger partial charge on any atom is 0.137 e. The van der Waals surface area contributed by atoms with Crippen LogP contribution in [0.3, 0.4) is 0 Å². The number of thiazole rings is 1. The number of aromatic nitrogens is 3. The number of aryl methyl sites for hydroxylation is 1.